The highest BCUT2D eigenvalue weighted by Gasteiger charge is 2.38. The first-order valence-corrected chi connectivity index (χ1v) is 10.4. The molecular weight excluding hydrogens is 442 g/mol. The van der Waals surface area contributed by atoms with Gasteiger partial charge in [-0.25, -0.2) is 4.90 Å². The number of methoxy groups -OCH3 is 1. The van der Waals surface area contributed by atoms with Gasteiger partial charge >= 0.3 is 0 Å². The number of imide groups is 1. The molecule has 0 saturated heterocycles. The van der Waals surface area contributed by atoms with Gasteiger partial charge in [0.05, 0.1) is 18.5 Å². The molecule has 0 bridgehead atoms. The number of para-hydroxylation sites is 2. The highest BCUT2D eigenvalue weighted by Crippen LogP contribution is 2.30. The van der Waals surface area contributed by atoms with Gasteiger partial charge in [-0.3, -0.25) is 14.4 Å². The van der Waals surface area contributed by atoms with Crippen molar-refractivity contribution in [3.8, 4) is 5.75 Å². The molecule has 1 aliphatic rings. The lowest BCUT2D eigenvalue weighted by molar-refractivity contribution is -0.120. The van der Waals surface area contributed by atoms with E-state index in [9.17, 15) is 14.4 Å². The lowest BCUT2D eigenvalue weighted by Crippen LogP contribution is -2.32. The maximum Gasteiger partial charge on any atom is 0.283 e. The number of benzene rings is 3. The van der Waals surface area contributed by atoms with Crippen molar-refractivity contribution in [2.45, 2.75) is 6.92 Å². The van der Waals surface area contributed by atoms with E-state index in [1.807, 2.05) is 25.1 Å². The Kier molecular flexibility index (Phi) is 6.15. The average Bonchev–Trinajstić information content (AvgIpc) is 3.03. The molecule has 0 aromatic heterocycles. The third kappa shape index (κ3) is 4.44. The van der Waals surface area contributed by atoms with Gasteiger partial charge in [-0.15, -0.1) is 0 Å². The van der Waals surface area contributed by atoms with Crippen LogP contribution in [0, 0.1) is 6.92 Å². The second kappa shape index (κ2) is 9.18. The Labute approximate surface area is 195 Å². The van der Waals surface area contributed by atoms with Gasteiger partial charge in [0.15, 0.2) is 0 Å². The Morgan fingerprint density at radius 1 is 0.909 bits per heavy atom. The first-order valence-electron chi connectivity index (χ1n) is 10.1. The van der Waals surface area contributed by atoms with Crippen molar-refractivity contribution in [2.24, 2.45) is 0 Å². The van der Waals surface area contributed by atoms with E-state index in [4.69, 9.17) is 16.3 Å². The Morgan fingerprint density at radius 3 is 2.24 bits per heavy atom. The van der Waals surface area contributed by atoms with Gasteiger partial charge < -0.3 is 15.4 Å². The van der Waals surface area contributed by atoms with E-state index >= 15 is 0 Å². The van der Waals surface area contributed by atoms with E-state index in [0.29, 0.717) is 28.4 Å². The number of carbonyl (C=O) groups excluding carboxylic acids is 3. The number of hydrogen-bond acceptors (Lipinski definition) is 5. The zero-order valence-corrected chi connectivity index (χ0v) is 18.6. The standard InChI is InChI=1S/C25H20ClN3O4/c1-15-7-13-18(14-8-15)29-24(31)21(26)22(25(29)32)27-17-11-9-16(10-12-17)23(30)28-19-5-3-4-6-20(19)33-2/h3-14,27H,1-2H3,(H,28,30). The third-order valence-electron chi connectivity index (χ3n) is 5.09. The number of ether oxygens (including phenoxy) is 1. The van der Waals surface area contributed by atoms with E-state index in [2.05, 4.69) is 10.6 Å². The number of rotatable bonds is 6. The highest BCUT2D eigenvalue weighted by atomic mass is 35.5. The quantitative estimate of drug-likeness (QED) is 0.520. The number of nitrogens with zero attached hydrogens (tertiary/aromatic N) is 1. The van der Waals surface area contributed by atoms with Crippen LogP contribution in [0.3, 0.4) is 0 Å². The van der Waals surface area contributed by atoms with Crippen LogP contribution in [0.25, 0.3) is 0 Å². The van der Waals surface area contributed by atoms with Crippen LogP contribution in [0.4, 0.5) is 17.1 Å². The number of aryl methyl sites for hydroxylation is 1. The largest absolute Gasteiger partial charge is 0.495 e. The molecule has 3 aromatic rings. The van der Waals surface area contributed by atoms with Crippen molar-refractivity contribution >= 4 is 46.4 Å². The van der Waals surface area contributed by atoms with Crippen LogP contribution in [0.2, 0.25) is 0 Å². The topological polar surface area (TPSA) is 87.7 Å². The minimum atomic E-state index is -0.596. The van der Waals surface area contributed by atoms with Crippen molar-refractivity contribution < 1.29 is 19.1 Å². The maximum absolute atomic E-state index is 12.9. The minimum absolute atomic E-state index is 0.0199. The monoisotopic (exact) mass is 461 g/mol. The molecule has 0 aliphatic carbocycles. The molecule has 1 aliphatic heterocycles. The van der Waals surface area contributed by atoms with Crippen molar-refractivity contribution in [2.75, 3.05) is 22.6 Å². The Bertz CT molecular complexity index is 1270. The van der Waals surface area contributed by atoms with Crippen LogP contribution in [-0.2, 0) is 9.59 Å². The van der Waals surface area contributed by atoms with Gasteiger partial charge in [-0.05, 0) is 55.5 Å². The number of carbonyl (C=O) groups is 3. The third-order valence-corrected chi connectivity index (χ3v) is 5.44. The molecule has 0 fully saturated rings. The molecule has 0 unspecified atom stereocenters. The van der Waals surface area contributed by atoms with E-state index < -0.39 is 11.8 Å². The molecule has 8 heteroatoms. The summed E-state index contributed by atoms with van der Waals surface area (Å²) >= 11 is 6.18. The highest BCUT2D eigenvalue weighted by molar-refractivity contribution is 6.53. The normalized spacial score (nSPS) is 13.4. The van der Waals surface area contributed by atoms with Gasteiger partial charge in [-0.2, -0.15) is 0 Å². The molecule has 166 valence electrons. The molecule has 0 atom stereocenters. The van der Waals surface area contributed by atoms with Crippen molar-refractivity contribution in [3.05, 3.63) is 94.7 Å². The molecule has 3 aromatic carbocycles. The fourth-order valence-electron chi connectivity index (χ4n) is 3.33. The second-order valence-corrected chi connectivity index (χ2v) is 7.70. The van der Waals surface area contributed by atoms with E-state index in [1.165, 1.54) is 7.11 Å². The molecule has 2 N–H and O–H groups in total. The van der Waals surface area contributed by atoms with Gasteiger partial charge in [0.1, 0.15) is 16.5 Å². The van der Waals surface area contributed by atoms with Gasteiger partial charge in [0.25, 0.3) is 17.7 Å². The van der Waals surface area contributed by atoms with E-state index in [1.54, 1.807) is 54.6 Å². The average molecular weight is 462 g/mol. The van der Waals surface area contributed by atoms with Gasteiger partial charge in [0, 0.05) is 11.3 Å². The van der Waals surface area contributed by atoms with Crippen molar-refractivity contribution in [3.63, 3.8) is 0 Å². The smallest absolute Gasteiger partial charge is 0.283 e. The molecule has 1 heterocycles. The van der Waals surface area contributed by atoms with Crippen molar-refractivity contribution in [1.82, 2.24) is 0 Å². The summed E-state index contributed by atoms with van der Waals surface area (Å²) in [6.07, 6.45) is 0. The summed E-state index contributed by atoms with van der Waals surface area (Å²) in [4.78, 5) is 39.1. The summed E-state index contributed by atoms with van der Waals surface area (Å²) in [7, 11) is 1.53. The number of amides is 3. The van der Waals surface area contributed by atoms with Crippen LogP contribution in [0.5, 0.6) is 5.75 Å². The second-order valence-electron chi connectivity index (χ2n) is 7.33. The molecule has 0 spiro atoms. The molecule has 0 saturated carbocycles. The van der Waals surface area contributed by atoms with Crippen LogP contribution in [0.1, 0.15) is 15.9 Å². The van der Waals surface area contributed by atoms with E-state index in [-0.39, 0.29) is 16.6 Å². The Morgan fingerprint density at radius 2 is 1.58 bits per heavy atom. The summed E-state index contributed by atoms with van der Waals surface area (Å²) in [6, 6.07) is 20.5. The van der Waals surface area contributed by atoms with E-state index in [0.717, 1.165) is 10.5 Å². The maximum atomic E-state index is 12.9. The molecule has 33 heavy (non-hydrogen) atoms. The van der Waals surface area contributed by atoms with Crippen LogP contribution < -0.4 is 20.3 Å². The number of nitrogens with one attached hydrogen (secondary N) is 2. The molecule has 3 amide bonds. The number of hydrogen-bond donors (Lipinski definition) is 2. The molecule has 0 radical (unpaired) electrons. The molecular formula is C25H20ClN3O4. The number of anilines is 3. The SMILES string of the molecule is COc1ccccc1NC(=O)c1ccc(NC2=C(Cl)C(=O)N(c3ccc(C)cc3)C2=O)cc1. The first kappa shape index (κ1) is 22.1. The molecule has 7 nitrogen and oxygen atoms in total. The Balaban J connectivity index is 1.48. The summed E-state index contributed by atoms with van der Waals surface area (Å²) < 4.78 is 5.25. The van der Waals surface area contributed by atoms with Crippen LogP contribution >= 0.6 is 11.6 Å². The van der Waals surface area contributed by atoms with Crippen molar-refractivity contribution in [1.29, 1.82) is 0 Å². The van der Waals surface area contributed by atoms with Gasteiger partial charge in [-0.1, -0.05) is 41.4 Å². The van der Waals surface area contributed by atoms with Gasteiger partial charge in [0.2, 0.25) is 0 Å². The first-order chi connectivity index (χ1) is 15.9. The zero-order chi connectivity index (χ0) is 23.5. The van der Waals surface area contributed by atoms with Crippen LogP contribution in [0.15, 0.2) is 83.5 Å². The predicted octanol–water partition coefficient (Wildman–Crippen LogP) is 4.69. The lowest BCUT2D eigenvalue weighted by Gasteiger charge is -2.15. The number of halogens is 1. The Hall–Kier alpha value is -4.10. The summed E-state index contributed by atoms with van der Waals surface area (Å²) in [5.74, 6) is -0.915. The molecule has 4 rings (SSSR count). The van der Waals surface area contributed by atoms with Crippen LogP contribution in [-0.4, -0.2) is 24.8 Å². The zero-order valence-electron chi connectivity index (χ0n) is 17.9. The summed E-state index contributed by atoms with van der Waals surface area (Å²) in [6.45, 7) is 1.91. The minimum Gasteiger partial charge on any atom is -0.495 e. The fraction of sp³-hybridized carbons (Fsp3) is 0.0800. The summed E-state index contributed by atoms with van der Waals surface area (Å²) in [5.41, 5.74) is 2.88. The lowest BCUT2D eigenvalue weighted by atomic mass is 10.1. The summed E-state index contributed by atoms with van der Waals surface area (Å²) in [5, 5.41) is 5.50. The fourth-order valence-corrected chi connectivity index (χ4v) is 3.54. The predicted molar refractivity (Wildman–Crippen MR) is 128 cm³/mol.